The van der Waals surface area contributed by atoms with Crippen LogP contribution in [0.1, 0.15) is 40.2 Å². The molecule has 6 heteroatoms. The van der Waals surface area contributed by atoms with Gasteiger partial charge in [0.05, 0.1) is 29.0 Å². The van der Waals surface area contributed by atoms with Gasteiger partial charge in [-0.1, -0.05) is 6.07 Å². The summed E-state index contributed by atoms with van der Waals surface area (Å²) in [7, 11) is 0. The van der Waals surface area contributed by atoms with Crippen molar-refractivity contribution in [2.45, 2.75) is 33.2 Å². The first-order valence-corrected chi connectivity index (χ1v) is 9.19. The van der Waals surface area contributed by atoms with Crippen molar-refractivity contribution in [1.82, 2.24) is 20.3 Å². The third-order valence-electron chi connectivity index (χ3n) is 4.75. The molecule has 0 spiro atoms. The van der Waals surface area contributed by atoms with Crippen molar-refractivity contribution in [3.63, 3.8) is 0 Å². The molecule has 138 valence electrons. The van der Waals surface area contributed by atoms with Crippen molar-refractivity contribution in [3.05, 3.63) is 59.0 Å². The van der Waals surface area contributed by atoms with Gasteiger partial charge in [-0.05, 0) is 56.4 Å². The summed E-state index contributed by atoms with van der Waals surface area (Å²) in [6.07, 6.45) is 4.24. The molecule has 0 radical (unpaired) electrons. The minimum atomic E-state index is -0.147. The fourth-order valence-electron chi connectivity index (χ4n) is 2.74. The van der Waals surface area contributed by atoms with Gasteiger partial charge in [0.25, 0.3) is 5.91 Å². The first-order chi connectivity index (χ1) is 13.1. The zero-order valence-electron chi connectivity index (χ0n) is 15.5. The normalized spacial score (nSPS) is 13.6. The Bertz CT molecular complexity index is 981. The van der Waals surface area contributed by atoms with Crippen LogP contribution in [-0.2, 0) is 6.54 Å². The zero-order chi connectivity index (χ0) is 18.8. The molecule has 1 aliphatic carbocycles. The van der Waals surface area contributed by atoms with E-state index in [1.165, 1.54) is 12.8 Å². The van der Waals surface area contributed by atoms with Gasteiger partial charge in [0, 0.05) is 24.4 Å². The van der Waals surface area contributed by atoms with E-state index < -0.39 is 0 Å². The van der Waals surface area contributed by atoms with Crippen molar-refractivity contribution >= 4 is 16.9 Å². The van der Waals surface area contributed by atoms with Crippen LogP contribution in [0.5, 0.6) is 5.88 Å². The molecule has 27 heavy (non-hydrogen) atoms. The van der Waals surface area contributed by atoms with Crippen LogP contribution in [-0.4, -0.2) is 27.5 Å². The number of nitrogens with one attached hydrogen (secondary N) is 1. The predicted octanol–water partition coefficient (Wildman–Crippen LogP) is 3.36. The van der Waals surface area contributed by atoms with Crippen molar-refractivity contribution in [3.8, 4) is 5.88 Å². The number of ether oxygens (including phenoxy) is 1. The van der Waals surface area contributed by atoms with Gasteiger partial charge in [0.1, 0.15) is 0 Å². The fraction of sp³-hybridized carbons (Fsp3) is 0.333. The van der Waals surface area contributed by atoms with Crippen LogP contribution in [0.25, 0.3) is 11.0 Å². The Kier molecular flexibility index (Phi) is 4.71. The third-order valence-corrected chi connectivity index (χ3v) is 4.75. The number of nitrogens with zero attached hydrogens (tertiary/aromatic N) is 3. The Morgan fingerprint density at radius 3 is 2.59 bits per heavy atom. The molecule has 2 heterocycles. The minimum absolute atomic E-state index is 0.147. The second-order valence-corrected chi connectivity index (χ2v) is 7.04. The third kappa shape index (κ3) is 4.22. The van der Waals surface area contributed by atoms with Gasteiger partial charge in [0.15, 0.2) is 0 Å². The number of hydrogen-bond donors (Lipinski definition) is 1. The standard InChI is InChI=1S/C21H22N4O2/c1-13-14(2)25-19-9-17(6-7-18(19)24-13)21(26)23-11-16-5-8-20(22-10-16)27-12-15-3-4-15/h5-10,15H,3-4,11-12H2,1-2H3,(H,23,26). The molecule has 1 aromatic carbocycles. The highest BCUT2D eigenvalue weighted by Gasteiger charge is 2.22. The number of amides is 1. The monoisotopic (exact) mass is 362 g/mol. The molecule has 0 aliphatic heterocycles. The number of benzene rings is 1. The molecule has 0 bridgehead atoms. The van der Waals surface area contributed by atoms with E-state index >= 15 is 0 Å². The smallest absolute Gasteiger partial charge is 0.251 e. The Morgan fingerprint density at radius 1 is 1.11 bits per heavy atom. The lowest BCUT2D eigenvalue weighted by molar-refractivity contribution is 0.0951. The summed E-state index contributed by atoms with van der Waals surface area (Å²) in [5.74, 6) is 1.19. The van der Waals surface area contributed by atoms with Crippen LogP contribution < -0.4 is 10.1 Å². The lowest BCUT2D eigenvalue weighted by atomic mass is 10.1. The summed E-state index contributed by atoms with van der Waals surface area (Å²) in [6.45, 7) is 5.00. The molecule has 1 fully saturated rings. The van der Waals surface area contributed by atoms with E-state index in [-0.39, 0.29) is 5.91 Å². The highest BCUT2D eigenvalue weighted by atomic mass is 16.5. The number of aromatic nitrogens is 3. The van der Waals surface area contributed by atoms with Crippen LogP contribution >= 0.6 is 0 Å². The molecular formula is C21H22N4O2. The maximum absolute atomic E-state index is 12.5. The topological polar surface area (TPSA) is 77.0 Å². The summed E-state index contributed by atoms with van der Waals surface area (Å²) < 4.78 is 5.63. The number of pyridine rings is 1. The predicted molar refractivity (Wildman–Crippen MR) is 103 cm³/mol. The molecule has 0 atom stereocenters. The van der Waals surface area contributed by atoms with Crippen LogP contribution in [0, 0.1) is 19.8 Å². The molecule has 0 saturated heterocycles. The number of carbonyl (C=O) groups is 1. The van der Waals surface area contributed by atoms with Crippen LogP contribution in [0.4, 0.5) is 0 Å². The van der Waals surface area contributed by atoms with Crippen molar-refractivity contribution in [1.29, 1.82) is 0 Å². The van der Waals surface area contributed by atoms with E-state index in [9.17, 15) is 4.79 Å². The van der Waals surface area contributed by atoms with E-state index in [4.69, 9.17) is 4.74 Å². The largest absolute Gasteiger partial charge is 0.477 e. The molecule has 3 aromatic rings. The molecule has 6 nitrogen and oxygen atoms in total. The fourth-order valence-corrected chi connectivity index (χ4v) is 2.74. The summed E-state index contributed by atoms with van der Waals surface area (Å²) in [5, 5.41) is 2.92. The quantitative estimate of drug-likeness (QED) is 0.727. The Labute approximate surface area is 158 Å². The van der Waals surface area contributed by atoms with E-state index in [1.54, 1.807) is 18.3 Å². The SMILES string of the molecule is Cc1nc2ccc(C(=O)NCc3ccc(OCC4CC4)nc3)cc2nc1C. The Balaban J connectivity index is 1.38. The van der Waals surface area contributed by atoms with Gasteiger partial charge >= 0.3 is 0 Å². The molecule has 1 saturated carbocycles. The second kappa shape index (κ2) is 7.31. The summed E-state index contributed by atoms with van der Waals surface area (Å²) in [6, 6.07) is 9.15. The molecule has 4 rings (SSSR count). The Hall–Kier alpha value is -3.02. The molecule has 1 N–H and O–H groups in total. The summed E-state index contributed by atoms with van der Waals surface area (Å²) >= 11 is 0. The minimum Gasteiger partial charge on any atom is -0.477 e. The average molecular weight is 362 g/mol. The van der Waals surface area contributed by atoms with Crippen LogP contribution in [0.3, 0.4) is 0 Å². The average Bonchev–Trinajstić information content (AvgIpc) is 3.50. The van der Waals surface area contributed by atoms with Gasteiger partial charge in [0.2, 0.25) is 5.88 Å². The van der Waals surface area contributed by atoms with Gasteiger partial charge in [-0.3, -0.25) is 4.79 Å². The first-order valence-electron chi connectivity index (χ1n) is 9.19. The summed E-state index contributed by atoms with van der Waals surface area (Å²) in [4.78, 5) is 25.8. The highest BCUT2D eigenvalue weighted by Crippen LogP contribution is 2.29. The molecule has 1 amide bonds. The van der Waals surface area contributed by atoms with Gasteiger partial charge in [-0.25, -0.2) is 15.0 Å². The maximum Gasteiger partial charge on any atom is 0.251 e. The number of carbonyl (C=O) groups excluding carboxylic acids is 1. The summed E-state index contributed by atoms with van der Waals surface area (Å²) in [5.41, 5.74) is 4.78. The van der Waals surface area contributed by atoms with E-state index in [0.29, 0.717) is 23.9 Å². The van der Waals surface area contributed by atoms with E-state index in [0.717, 1.165) is 34.6 Å². The van der Waals surface area contributed by atoms with Crippen molar-refractivity contribution in [2.24, 2.45) is 5.92 Å². The number of rotatable bonds is 6. The first kappa shape index (κ1) is 17.4. The van der Waals surface area contributed by atoms with Gasteiger partial charge < -0.3 is 10.1 Å². The van der Waals surface area contributed by atoms with Crippen LogP contribution in [0.2, 0.25) is 0 Å². The molecular weight excluding hydrogens is 340 g/mol. The van der Waals surface area contributed by atoms with E-state index in [2.05, 4.69) is 20.3 Å². The van der Waals surface area contributed by atoms with Crippen molar-refractivity contribution in [2.75, 3.05) is 6.61 Å². The van der Waals surface area contributed by atoms with E-state index in [1.807, 2.05) is 32.0 Å². The maximum atomic E-state index is 12.5. The number of aryl methyl sites for hydroxylation is 2. The van der Waals surface area contributed by atoms with Gasteiger partial charge in [-0.2, -0.15) is 0 Å². The second-order valence-electron chi connectivity index (χ2n) is 7.04. The molecule has 1 aliphatic rings. The van der Waals surface area contributed by atoms with Crippen molar-refractivity contribution < 1.29 is 9.53 Å². The van der Waals surface area contributed by atoms with Gasteiger partial charge in [-0.15, -0.1) is 0 Å². The molecule has 2 aromatic heterocycles. The zero-order valence-corrected chi connectivity index (χ0v) is 15.5. The number of fused-ring (bicyclic) bond motifs is 1. The molecule has 0 unspecified atom stereocenters. The lowest BCUT2D eigenvalue weighted by Gasteiger charge is -2.08. The van der Waals surface area contributed by atoms with Crippen LogP contribution in [0.15, 0.2) is 36.5 Å². The Morgan fingerprint density at radius 2 is 1.89 bits per heavy atom. The highest BCUT2D eigenvalue weighted by molar-refractivity contribution is 5.97. The lowest BCUT2D eigenvalue weighted by Crippen LogP contribution is -2.22. The number of hydrogen-bond acceptors (Lipinski definition) is 5.